The Bertz CT molecular complexity index is 591. The summed E-state index contributed by atoms with van der Waals surface area (Å²) < 4.78 is 11.0. The van der Waals surface area contributed by atoms with Gasteiger partial charge in [-0.1, -0.05) is 6.07 Å². The molecule has 4 nitrogen and oxygen atoms in total. The first kappa shape index (κ1) is 12.3. The Kier molecular flexibility index (Phi) is 3.53. The first-order valence-electron chi connectivity index (χ1n) is 6.39. The van der Waals surface area contributed by atoms with Crippen molar-refractivity contribution < 1.29 is 14.3 Å². The fourth-order valence-corrected chi connectivity index (χ4v) is 2.19. The number of aldehydes is 1. The van der Waals surface area contributed by atoms with Gasteiger partial charge in [-0.05, 0) is 30.7 Å². The van der Waals surface area contributed by atoms with E-state index in [1.54, 1.807) is 6.07 Å². The second-order valence-corrected chi connectivity index (χ2v) is 4.67. The highest BCUT2D eigenvalue weighted by Crippen LogP contribution is 2.16. The summed E-state index contributed by atoms with van der Waals surface area (Å²) in [5.74, 6) is 0. The van der Waals surface area contributed by atoms with Crippen molar-refractivity contribution in [3.63, 3.8) is 0 Å². The van der Waals surface area contributed by atoms with E-state index in [0.29, 0.717) is 18.8 Å². The Morgan fingerprint density at radius 3 is 3.11 bits per heavy atom. The van der Waals surface area contributed by atoms with E-state index in [4.69, 9.17) is 9.47 Å². The molecule has 0 aliphatic carbocycles. The van der Waals surface area contributed by atoms with E-state index in [2.05, 4.69) is 4.98 Å². The van der Waals surface area contributed by atoms with Crippen molar-refractivity contribution >= 4 is 17.2 Å². The molecule has 0 unspecified atom stereocenters. The molecular weight excluding hydrogens is 242 g/mol. The number of pyridine rings is 1. The molecule has 0 radical (unpaired) electrons. The molecule has 1 atom stereocenters. The molecule has 3 rings (SSSR count). The summed E-state index contributed by atoms with van der Waals surface area (Å²) in [4.78, 5) is 15.2. The van der Waals surface area contributed by atoms with Gasteiger partial charge in [-0.15, -0.1) is 0 Å². The SMILES string of the molecule is O=Cc1ccc2nc(CO[C@H]3CCOC3)ccc2c1. The van der Waals surface area contributed by atoms with Crippen LogP contribution in [0.2, 0.25) is 0 Å². The molecule has 1 aliphatic heterocycles. The number of hydrogen-bond donors (Lipinski definition) is 0. The number of hydrogen-bond acceptors (Lipinski definition) is 4. The maximum atomic E-state index is 10.7. The Labute approximate surface area is 111 Å². The van der Waals surface area contributed by atoms with Crippen molar-refractivity contribution in [2.45, 2.75) is 19.1 Å². The standard InChI is InChI=1S/C15H15NO3/c17-8-11-1-4-15-12(7-11)2-3-13(16-15)9-19-14-5-6-18-10-14/h1-4,7-8,14H,5-6,9-10H2/t14-/m0/s1. The summed E-state index contributed by atoms with van der Waals surface area (Å²) in [6, 6.07) is 9.38. The van der Waals surface area contributed by atoms with Crippen LogP contribution in [0.4, 0.5) is 0 Å². The molecule has 0 bridgehead atoms. The molecule has 1 aromatic heterocycles. The number of carbonyl (C=O) groups excluding carboxylic acids is 1. The second-order valence-electron chi connectivity index (χ2n) is 4.67. The average Bonchev–Trinajstić information content (AvgIpc) is 2.97. The predicted molar refractivity (Wildman–Crippen MR) is 71.1 cm³/mol. The number of aromatic nitrogens is 1. The van der Waals surface area contributed by atoms with Gasteiger partial charge in [0.1, 0.15) is 6.29 Å². The zero-order chi connectivity index (χ0) is 13.1. The van der Waals surface area contributed by atoms with E-state index >= 15 is 0 Å². The highest BCUT2D eigenvalue weighted by atomic mass is 16.5. The topological polar surface area (TPSA) is 48.4 Å². The summed E-state index contributed by atoms with van der Waals surface area (Å²) in [7, 11) is 0. The summed E-state index contributed by atoms with van der Waals surface area (Å²) in [6.45, 7) is 1.96. The molecule has 1 fully saturated rings. The van der Waals surface area contributed by atoms with Gasteiger partial charge in [0.05, 0.1) is 30.5 Å². The van der Waals surface area contributed by atoms with E-state index in [0.717, 1.165) is 35.9 Å². The van der Waals surface area contributed by atoms with Crippen LogP contribution in [-0.2, 0) is 16.1 Å². The van der Waals surface area contributed by atoms with Gasteiger partial charge >= 0.3 is 0 Å². The van der Waals surface area contributed by atoms with E-state index in [1.807, 2.05) is 24.3 Å². The largest absolute Gasteiger partial charge is 0.379 e. The molecular formula is C15H15NO3. The number of nitrogens with zero attached hydrogens (tertiary/aromatic N) is 1. The highest BCUT2D eigenvalue weighted by Gasteiger charge is 2.16. The highest BCUT2D eigenvalue weighted by molar-refractivity contribution is 5.86. The monoisotopic (exact) mass is 257 g/mol. The Hall–Kier alpha value is -1.78. The first-order valence-corrected chi connectivity index (χ1v) is 6.39. The second kappa shape index (κ2) is 5.47. The minimum atomic E-state index is 0.190. The van der Waals surface area contributed by atoms with Crippen molar-refractivity contribution in [2.24, 2.45) is 0 Å². The molecule has 1 aliphatic rings. The minimum absolute atomic E-state index is 0.190. The number of ether oxygens (including phenoxy) is 2. The van der Waals surface area contributed by atoms with Crippen LogP contribution in [0.1, 0.15) is 22.5 Å². The minimum Gasteiger partial charge on any atom is -0.379 e. The van der Waals surface area contributed by atoms with E-state index in [-0.39, 0.29) is 6.10 Å². The number of carbonyl (C=O) groups is 1. The maximum Gasteiger partial charge on any atom is 0.150 e. The van der Waals surface area contributed by atoms with Gasteiger partial charge < -0.3 is 9.47 Å². The third-order valence-corrected chi connectivity index (χ3v) is 3.26. The van der Waals surface area contributed by atoms with Crippen LogP contribution < -0.4 is 0 Å². The molecule has 4 heteroatoms. The van der Waals surface area contributed by atoms with Gasteiger partial charge in [0.2, 0.25) is 0 Å². The fourth-order valence-electron chi connectivity index (χ4n) is 2.19. The van der Waals surface area contributed by atoms with Crippen molar-refractivity contribution in [2.75, 3.05) is 13.2 Å². The Balaban J connectivity index is 1.75. The van der Waals surface area contributed by atoms with E-state index in [1.165, 1.54) is 0 Å². The van der Waals surface area contributed by atoms with Gasteiger partial charge in [0.25, 0.3) is 0 Å². The zero-order valence-corrected chi connectivity index (χ0v) is 10.5. The van der Waals surface area contributed by atoms with Crippen LogP contribution >= 0.6 is 0 Å². The van der Waals surface area contributed by atoms with Crippen LogP contribution in [0, 0.1) is 0 Å². The van der Waals surface area contributed by atoms with Crippen molar-refractivity contribution in [3.8, 4) is 0 Å². The van der Waals surface area contributed by atoms with E-state index in [9.17, 15) is 4.79 Å². The third-order valence-electron chi connectivity index (χ3n) is 3.26. The van der Waals surface area contributed by atoms with Gasteiger partial charge in [-0.2, -0.15) is 0 Å². The number of rotatable bonds is 4. The molecule has 1 saturated heterocycles. The summed E-state index contributed by atoms with van der Waals surface area (Å²) in [5, 5.41) is 0.970. The van der Waals surface area contributed by atoms with Crippen LogP contribution in [0.15, 0.2) is 30.3 Å². The number of benzene rings is 1. The molecule has 0 N–H and O–H groups in total. The van der Waals surface area contributed by atoms with E-state index < -0.39 is 0 Å². The van der Waals surface area contributed by atoms with Gasteiger partial charge in [0.15, 0.2) is 0 Å². The Morgan fingerprint density at radius 2 is 2.32 bits per heavy atom. The lowest BCUT2D eigenvalue weighted by Crippen LogP contribution is -2.12. The van der Waals surface area contributed by atoms with Crippen LogP contribution in [-0.4, -0.2) is 30.6 Å². The molecule has 0 amide bonds. The van der Waals surface area contributed by atoms with Gasteiger partial charge in [0, 0.05) is 17.6 Å². The van der Waals surface area contributed by atoms with Crippen LogP contribution in [0.3, 0.4) is 0 Å². The Morgan fingerprint density at radius 1 is 1.37 bits per heavy atom. The lowest BCUT2D eigenvalue weighted by atomic mass is 10.1. The smallest absolute Gasteiger partial charge is 0.150 e. The molecule has 0 spiro atoms. The summed E-state index contributed by atoms with van der Waals surface area (Å²) in [6.07, 6.45) is 1.99. The zero-order valence-electron chi connectivity index (χ0n) is 10.5. The fraction of sp³-hybridized carbons (Fsp3) is 0.333. The lowest BCUT2D eigenvalue weighted by Gasteiger charge is -2.09. The van der Waals surface area contributed by atoms with Gasteiger partial charge in [-0.25, -0.2) is 0 Å². The average molecular weight is 257 g/mol. The first-order chi connectivity index (χ1) is 9.35. The van der Waals surface area contributed by atoms with Crippen LogP contribution in [0.25, 0.3) is 10.9 Å². The molecule has 2 heterocycles. The van der Waals surface area contributed by atoms with Crippen molar-refractivity contribution in [1.82, 2.24) is 4.98 Å². The predicted octanol–water partition coefficient (Wildman–Crippen LogP) is 2.35. The lowest BCUT2D eigenvalue weighted by molar-refractivity contribution is 0.0303. The quantitative estimate of drug-likeness (QED) is 0.789. The van der Waals surface area contributed by atoms with Crippen LogP contribution in [0.5, 0.6) is 0 Å². The summed E-state index contributed by atoms with van der Waals surface area (Å²) >= 11 is 0. The molecule has 2 aromatic rings. The molecule has 1 aromatic carbocycles. The molecule has 98 valence electrons. The van der Waals surface area contributed by atoms with Gasteiger partial charge in [-0.3, -0.25) is 9.78 Å². The maximum absolute atomic E-state index is 10.7. The normalized spacial score (nSPS) is 18.8. The number of fused-ring (bicyclic) bond motifs is 1. The molecule has 0 saturated carbocycles. The third kappa shape index (κ3) is 2.80. The summed E-state index contributed by atoms with van der Waals surface area (Å²) in [5.41, 5.74) is 2.45. The molecule has 19 heavy (non-hydrogen) atoms. The van der Waals surface area contributed by atoms with Crippen molar-refractivity contribution in [3.05, 3.63) is 41.6 Å². The van der Waals surface area contributed by atoms with Crippen molar-refractivity contribution in [1.29, 1.82) is 0 Å².